The monoisotopic (exact) mass is 389 g/mol. The van der Waals surface area contributed by atoms with E-state index in [9.17, 15) is 13.2 Å². The van der Waals surface area contributed by atoms with Gasteiger partial charge in [0.25, 0.3) is 0 Å². The highest BCUT2D eigenvalue weighted by atomic mass is 19.4. The Labute approximate surface area is 161 Å². The van der Waals surface area contributed by atoms with Gasteiger partial charge in [0, 0.05) is 17.6 Å². The van der Waals surface area contributed by atoms with Crippen molar-refractivity contribution in [2.24, 2.45) is 0 Å². The van der Waals surface area contributed by atoms with E-state index in [4.69, 9.17) is 4.74 Å². The number of ether oxygens (including phenoxy) is 1. The number of nitrogens with one attached hydrogen (secondary N) is 1. The first-order valence-corrected chi connectivity index (χ1v) is 8.81. The number of hydrogen-bond acceptors (Lipinski definition) is 4. The number of anilines is 1. The third kappa shape index (κ3) is 4.36. The lowest BCUT2D eigenvalue weighted by molar-refractivity contribution is -0.140. The van der Waals surface area contributed by atoms with Crippen molar-refractivity contribution in [3.05, 3.63) is 65.9 Å². The van der Waals surface area contributed by atoms with Crippen LogP contribution in [0, 0.1) is 0 Å². The quantitative estimate of drug-likeness (QED) is 0.645. The smallest absolute Gasteiger partial charge is 0.433 e. The first kappa shape index (κ1) is 19.9. The van der Waals surface area contributed by atoms with E-state index in [0.29, 0.717) is 23.1 Å². The van der Waals surface area contributed by atoms with E-state index in [1.807, 2.05) is 43.3 Å². The number of likely N-dealkylation sites (N-methyl/N-ethyl adjacent to an activating group) is 1. The normalized spacial score (nSPS) is 13.0. The molecule has 3 rings (SSSR count). The van der Waals surface area contributed by atoms with Crippen molar-refractivity contribution < 1.29 is 17.9 Å². The maximum absolute atomic E-state index is 13.2. The molecule has 0 fully saturated rings. The van der Waals surface area contributed by atoms with Gasteiger partial charge in [0.2, 0.25) is 0 Å². The second-order valence-corrected chi connectivity index (χ2v) is 6.70. The van der Waals surface area contributed by atoms with Crippen molar-refractivity contribution in [1.29, 1.82) is 0 Å². The van der Waals surface area contributed by atoms with E-state index in [0.717, 1.165) is 17.4 Å². The molecule has 0 unspecified atom stereocenters. The van der Waals surface area contributed by atoms with Crippen LogP contribution in [0.15, 0.2) is 54.6 Å². The SMILES string of the molecule is COc1ccc([C@@H](CNc2cc(C(F)(F)F)nc3ccccc23)N(C)C)cc1. The number of methoxy groups -OCH3 is 1. The molecule has 0 spiro atoms. The molecule has 0 aliphatic carbocycles. The van der Waals surface area contributed by atoms with Gasteiger partial charge < -0.3 is 15.0 Å². The van der Waals surface area contributed by atoms with E-state index in [-0.39, 0.29) is 6.04 Å². The van der Waals surface area contributed by atoms with Crippen molar-refractivity contribution in [3.63, 3.8) is 0 Å². The van der Waals surface area contributed by atoms with Crippen molar-refractivity contribution >= 4 is 16.6 Å². The average Bonchev–Trinajstić information content (AvgIpc) is 2.67. The van der Waals surface area contributed by atoms with Crippen molar-refractivity contribution in [1.82, 2.24) is 9.88 Å². The zero-order valence-corrected chi connectivity index (χ0v) is 15.9. The molecule has 0 radical (unpaired) electrons. The molecule has 1 aromatic heterocycles. The minimum atomic E-state index is -4.50. The van der Waals surface area contributed by atoms with Gasteiger partial charge in [-0.1, -0.05) is 30.3 Å². The molecule has 2 aromatic carbocycles. The van der Waals surface area contributed by atoms with Gasteiger partial charge >= 0.3 is 6.18 Å². The van der Waals surface area contributed by atoms with Gasteiger partial charge in [-0.2, -0.15) is 13.2 Å². The number of nitrogens with zero attached hydrogens (tertiary/aromatic N) is 2. The third-order valence-electron chi connectivity index (χ3n) is 4.62. The van der Waals surface area contributed by atoms with Gasteiger partial charge in [0.15, 0.2) is 0 Å². The van der Waals surface area contributed by atoms with Crippen LogP contribution in [0.2, 0.25) is 0 Å². The van der Waals surface area contributed by atoms with Crippen LogP contribution in [0.4, 0.5) is 18.9 Å². The molecule has 28 heavy (non-hydrogen) atoms. The van der Waals surface area contributed by atoms with Crippen LogP contribution in [0.1, 0.15) is 17.3 Å². The molecule has 0 saturated heterocycles. The number of benzene rings is 2. The summed E-state index contributed by atoms with van der Waals surface area (Å²) in [7, 11) is 5.47. The highest BCUT2D eigenvalue weighted by molar-refractivity contribution is 5.91. The lowest BCUT2D eigenvalue weighted by Crippen LogP contribution is -2.27. The minimum Gasteiger partial charge on any atom is -0.497 e. The molecule has 0 amide bonds. The zero-order valence-electron chi connectivity index (χ0n) is 15.9. The van der Waals surface area contributed by atoms with Gasteiger partial charge in [-0.05, 0) is 43.9 Å². The van der Waals surface area contributed by atoms with Gasteiger partial charge in [0.05, 0.1) is 18.7 Å². The summed E-state index contributed by atoms with van der Waals surface area (Å²) in [5.74, 6) is 0.754. The molecule has 0 saturated carbocycles. The molecule has 4 nitrogen and oxygen atoms in total. The van der Waals surface area contributed by atoms with Crippen LogP contribution in [0.3, 0.4) is 0 Å². The van der Waals surface area contributed by atoms with Crippen molar-refractivity contribution in [2.45, 2.75) is 12.2 Å². The molecule has 3 aromatic rings. The van der Waals surface area contributed by atoms with E-state index in [1.54, 1.807) is 31.4 Å². The molecule has 1 heterocycles. The van der Waals surface area contributed by atoms with Crippen LogP contribution in [-0.4, -0.2) is 37.6 Å². The summed E-state index contributed by atoms with van der Waals surface area (Å²) < 4.78 is 44.9. The summed E-state index contributed by atoms with van der Waals surface area (Å²) in [6.07, 6.45) is -4.50. The first-order valence-electron chi connectivity index (χ1n) is 8.81. The topological polar surface area (TPSA) is 37.4 Å². The third-order valence-corrected chi connectivity index (χ3v) is 4.62. The molecular formula is C21H22F3N3O. The Kier molecular flexibility index (Phi) is 5.74. The summed E-state index contributed by atoms with van der Waals surface area (Å²) in [5, 5.41) is 3.85. The maximum atomic E-state index is 13.2. The van der Waals surface area contributed by atoms with Gasteiger partial charge in [0.1, 0.15) is 11.4 Å². The van der Waals surface area contributed by atoms with Gasteiger partial charge in [-0.3, -0.25) is 0 Å². The summed E-state index contributed by atoms with van der Waals surface area (Å²) in [5.41, 5.74) is 0.858. The van der Waals surface area contributed by atoms with Crippen molar-refractivity contribution in [3.8, 4) is 5.75 Å². The molecule has 7 heteroatoms. The first-order chi connectivity index (χ1) is 13.3. The summed E-state index contributed by atoms with van der Waals surface area (Å²) in [4.78, 5) is 5.77. The highest BCUT2D eigenvalue weighted by Crippen LogP contribution is 2.33. The van der Waals surface area contributed by atoms with E-state index < -0.39 is 11.9 Å². The number of halogens is 3. The number of para-hydroxylation sites is 1. The number of hydrogen-bond donors (Lipinski definition) is 1. The Morgan fingerprint density at radius 3 is 2.36 bits per heavy atom. The number of fused-ring (bicyclic) bond motifs is 1. The maximum Gasteiger partial charge on any atom is 0.433 e. The summed E-state index contributed by atoms with van der Waals surface area (Å²) in [6.45, 7) is 0.435. The summed E-state index contributed by atoms with van der Waals surface area (Å²) in [6, 6.07) is 15.5. The van der Waals surface area contributed by atoms with E-state index in [2.05, 4.69) is 10.3 Å². The lowest BCUT2D eigenvalue weighted by Gasteiger charge is -2.26. The van der Waals surface area contributed by atoms with Crippen LogP contribution in [0.25, 0.3) is 10.9 Å². The Bertz CT molecular complexity index is 940. The molecule has 148 valence electrons. The van der Waals surface area contributed by atoms with Crippen LogP contribution < -0.4 is 10.1 Å². The second-order valence-electron chi connectivity index (χ2n) is 6.70. The van der Waals surface area contributed by atoms with E-state index >= 15 is 0 Å². The number of alkyl halides is 3. The van der Waals surface area contributed by atoms with E-state index in [1.165, 1.54) is 0 Å². The Hall–Kier alpha value is -2.80. The predicted octanol–water partition coefficient (Wildman–Crippen LogP) is 4.98. The molecule has 0 aliphatic heterocycles. The lowest BCUT2D eigenvalue weighted by atomic mass is 10.1. The molecular weight excluding hydrogens is 367 g/mol. The largest absolute Gasteiger partial charge is 0.497 e. The highest BCUT2D eigenvalue weighted by Gasteiger charge is 2.33. The fourth-order valence-corrected chi connectivity index (χ4v) is 3.10. The van der Waals surface area contributed by atoms with Crippen LogP contribution >= 0.6 is 0 Å². The molecule has 0 bridgehead atoms. The fraction of sp³-hybridized carbons (Fsp3) is 0.286. The fourth-order valence-electron chi connectivity index (χ4n) is 3.10. The predicted molar refractivity (Wildman–Crippen MR) is 105 cm³/mol. The number of aromatic nitrogens is 1. The standard InChI is InChI=1S/C21H22F3N3O/c1-27(2)19(14-8-10-15(28-3)11-9-14)13-25-18-12-20(21(22,23)24)26-17-7-5-4-6-16(17)18/h4-12,19H,13H2,1-3H3,(H,25,26)/t19-/m1/s1. The Morgan fingerprint density at radius 1 is 1.07 bits per heavy atom. The molecule has 0 aliphatic rings. The van der Waals surface area contributed by atoms with Crippen LogP contribution in [0.5, 0.6) is 5.75 Å². The Morgan fingerprint density at radius 2 is 1.75 bits per heavy atom. The number of rotatable bonds is 6. The average molecular weight is 389 g/mol. The Balaban J connectivity index is 1.91. The van der Waals surface area contributed by atoms with Crippen LogP contribution in [-0.2, 0) is 6.18 Å². The van der Waals surface area contributed by atoms with Gasteiger partial charge in [-0.25, -0.2) is 4.98 Å². The zero-order chi connectivity index (χ0) is 20.3. The number of pyridine rings is 1. The second kappa shape index (κ2) is 8.06. The molecule has 1 N–H and O–H groups in total. The molecule has 1 atom stereocenters. The minimum absolute atomic E-state index is 0.0350. The van der Waals surface area contributed by atoms with Gasteiger partial charge in [-0.15, -0.1) is 0 Å². The summed E-state index contributed by atoms with van der Waals surface area (Å²) >= 11 is 0. The van der Waals surface area contributed by atoms with Crippen molar-refractivity contribution in [2.75, 3.05) is 33.1 Å².